The Morgan fingerprint density at radius 2 is 2.03 bits per heavy atom. The van der Waals surface area contributed by atoms with Crippen LogP contribution >= 0.6 is 0 Å². The molecule has 0 unspecified atom stereocenters. The first-order valence-corrected chi connectivity index (χ1v) is 8.98. The van der Waals surface area contributed by atoms with E-state index in [-0.39, 0.29) is 12.3 Å². The van der Waals surface area contributed by atoms with Gasteiger partial charge in [-0.15, -0.1) is 0 Å². The van der Waals surface area contributed by atoms with E-state index in [1.54, 1.807) is 28.9 Å². The first kappa shape index (κ1) is 21.1. The highest BCUT2D eigenvalue weighted by atomic mass is 16.5. The number of pyridine rings is 1. The summed E-state index contributed by atoms with van der Waals surface area (Å²) in [5.74, 6) is 0.821. The van der Waals surface area contributed by atoms with E-state index < -0.39 is 0 Å². The van der Waals surface area contributed by atoms with Crippen LogP contribution in [0.25, 0.3) is 28.1 Å². The summed E-state index contributed by atoms with van der Waals surface area (Å²) in [7, 11) is 3.43. The maximum Gasteiger partial charge on any atom is 0.290 e. The molecule has 0 saturated carbocycles. The molecule has 10 heteroatoms. The molecule has 3 aromatic heterocycles. The van der Waals surface area contributed by atoms with Crippen molar-refractivity contribution in [1.82, 2.24) is 24.5 Å². The number of hydrogen-bond acceptors (Lipinski definition) is 7. The number of benzene rings is 1. The molecule has 0 aliphatic heterocycles. The van der Waals surface area contributed by atoms with Gasteiger partial charge in [-0.1, -0.05) is 0 Å². The Bertz CT molecular complexity index is 1240. The lowest BCUT2D eigenvalue weighted by molar-refractivity contribution is -0.122. The topological polar surface area (TPSA) is 145 Å². The highest BCUT2D eigenvalue weighted by molar-refractivity contribution is 5.84. The Hall–Kier alpha value is -4.65. The standard InChI is InChI=1S/C20H17N7O.CH2O2/c1-26-12-13(11-24-26)18-9-15(17(10-21)20(22)25-18)16-8-14(28-2)4-5-19(16)27-7-3-6-23-27;2-1-3/h3-9,11-12H,1-2H3,(H2,22,25);1H,(H,2,3). The fourth-order valence-electron chi connectivity index (χ4n) is 3.07. The number of ether oxygens (including phenoxy) is 1. The Balaban J connectivity index is 0.000000858. The van der Waals surface area contributed by atoms with E-state index >= 15 is 0 Å². The normalized spacial score (nSPS) is 9.97. The van der Waals surface area contributed by atoms with Crippen LogP contribution in [0.3, 0.4) is 0 Å². The van der Waals surface area contributed by atoms with Crippen LogP contribution in [-0.4, -0.2) is 43.2 Å². The van der Waals surface area contributed by atoms with Gasteiger partial charge in [-0.3, -0.25) is 9.48 Å². The van der Waals surface area contributed by atoms with Crippen molar-refractivity contribution in [1.29, 1.82) is 5.26 Å². The van der Waals surface area contributed by atoms with Gasteiger partial charge >= 0.3 is 0 Å². The van der Waals surface area contributed by atoms with Crippen molar-refractivity contribution < 1.29 is 14.6 Å². The molecule has 4 aromatic rings. The van der Waals surface area contributed by atoms with Crippen molar-refractivity contribution in [3.8, 4) is 39.9 Å². The minimum absolute atomic E-state index is 0.160. The number of aryl methyl sites for hydroxylation is 1. The molecular weight excluding hydrogens is 398 g/mol. The van der Waals surface area contributed by atoms with E-state index in [4.69, 9.17) is 20.4 Å². The van der Waals surface area contributed by atoms with Crippen molar-refractivity contribution in [3.63, 3.8) is 0 Å². The molecule has 31 heavy (non-hydrogen) atoms. The quantitative estimate of drug-likeness (QED) is 0.482. The summed E-state index contributed by atoms with van der Waals surface area (Å²) >= 11 is 0. The summed E-state index contributed by atoms with van der Waals surface area (Å²) in [6, 6.07) is 11.5. The first-order chi connectivity index (χ1) is 15.0. The van der Waals surface area contributed by atoms with Crippen molar-refractivity contribution >= 4 is 12.3 Å². The van der Waals surface area contributed by atoms with Crippen LogP contribution in [0.2, 0.25) is 0 Å². The van der Waals surface area contributed by atoms with E-state index in [9.17, 15) is 5.26 Å². The van der Waals surface area contributed by atoms with E-state index in [0.717, 1.165) is 16.8 Å². The van der Waals surface area contributed by atoms with Crippen LogP contribution in [0.5, 0.6) is 5.75 Å². The average molecular weight is 417 g/mol. The molecule has 10 nitrogen and oxygen atoms in total. The maximum absolute atomic E-state index is 9.73. The van der Waals surface area contributed by atoms with Crippen LogP contribution in [-0.2, 0) is 11.8 Å². The van der Waals surface area contributed by atoms with Gasteiger partial charge in [0.15, 0.2) is 0 Å². The molecule has 1 aromatic carbocycles. The van der Waals surface area contributed by atoms with Crippen molar-refractivity contribution in [3.05, 3.63) is 60.7 Å². The van der Waals surface area contributed by atoms with Crippen molar-refractivity contribution in [2.45, 2.75) is 0 Å². The van der Waals surface area contributed by atoms with Gasteiger partial charge in [0, 0.05) is 42.3 Å². The van der Waals surface area contributed by atoms with Crippen LogP contribution in [0.4, 0.5) is 5.82 Å². The minimum Gasteiger partial charge on any atom is -0.497 e. The van der Waals surface area contributed by atoms with Gasteiger partial charge in [0.2, 0.25) is 0 Å². The molecule has 0 aliphatic carbocycles. The second kappa shape index (κ2) is 9.23. The predicted molar refractivity (Wildman–Crippen MR) is 113 cm³/mol. The lowest BCUT2D eigenvalue weighted by atomic mass is 9.97. The Morgan fingerprint density at radius 3 is 2.61 bits per heavy atom. The number of hydrogen-bond donors (Lipinski definition) is 2. The zero-order valence-electron chi connectivity index (χ0n) is 16.8. The van der Waals surface area contributed by atoms with Gasteiger partial charge in [-0.25, -0.2) is 9.67 Å². The molecule has 0 aliphatic rings. The molecule has 0 bridgehead atoms. The molecule has 156 valence electrons. The van der Waals surface area contributed by atoms with Gasteiger partial charge in [0.1, 0.15) is 23.2 Å². The lowest BCUT2D eigenvalue weighted by Crippen LogP contribution is -2.03. The molecule has 3 N–H and O–H groups in total. The van der Waals surface area contributed by atoms with E-state index in [1.165, 1.54) is 0 Å². The average Bonchev–Trinajstić information content (AvgIpc) is 3.45. The fourth-order valence-corrected chi connectivity index (χ4v) is 3.07. The number of nitrogen functional groups attached to an aromatic ring is 1. The van der Waals surface area contributed by atoms with Crippen LogP contribution in [0, 0.1) is 11.3 Å². The summed E-state index contributed by atoms with van der Waals surface area (Å²) in [5.41, 5.74) is 10.1. The highest BCUT2D eigenvalue weighted by Gasteiger charge is 2.18. The van der Waals surface area contributed by atoms with Gasteiger partial charge < -0.3 is 15.6 Å². The SMILES string of the molecule is COc1ccc(-n2cccn2)c(-c2cc(-c3cnn(C)c3)nc(N)c2C#N)c1.O=CO. The first-order valence-electron chi connectivity index (χ1n) is 8.98. The summed E-state index contributed by atoms with van der Waals surface area (Å²) in [6.45, 7) is -0.250. The largest absolute Gasteiger partial charge is 0.497 e. The monoisotopic (exact) mass is 417 g/mol. The van der Waals surface area contributed by atoms with E-state index in [1.807, 2.05) is 49.8 Å². The second-order valence-electron chi connectivity index (χ2n) is 6.27. The summed E-state index contributed by atoms with van der Waals surface area (Å²) in [4.78, 5) is 12.8. The molecule has 0 radical (unpaired) electrons. The van der Waals surface area contributed by atoms with Gasteiger partial charge in [-0.2, -0.15) is 15.5 Å². The number of anilines is 1. The summed E-state index contributed by atoms with van der Waals surface area (Å²) in [6.07, 6.45) is 7.08. The van der Waals surface area contributed by atoms with Crippen molar-refractivity contribution in [2.75, 3.05) is 12.8 Å². The number of nitriles is 1. The Labute approximate surface area is 177 Å². The van der Waals surface area contributed by atoms with Gasteiger partial charge in [0.05, 0.1) is 24.7 Å². The highest BCUT2D eigenvalue weighted by Crippen LogP contribution is 2.36. The summed E-state index contributed by atoms with van der Waals surface area (Å²) in [5, 5.41) is 25.1. The smallest absolute Gasteiger partial charge is 0.290 e. The number of nitrogens with two attached hydrogens (primary N) is 1. The second-order valence-corrected chi connectivity index (χ2v) is 6.27. The zero-order chi connectivity index (χ0) is 22.4. The number of rotatable bonds is 4. The maximum atomic E-state index is 9.73. The number of carboxylic acid groups (broad SMARTS) is 1. The van der Waals surface area contributed by atoms with Crippen LogP contribution in [0.15, 0.2) is 55.1 Å². The minimum atomic E-state index is -0.250. The van der Waals surface area contributed by atoms with Crippen LogP contribution < -0.4 is 10.5 Å². The number of aromatic nitrogens is 5. The zero-order valence-corrected chi connectivity index (χ0v) is 16.8. The lowest BCUT2D eigenvalue weighted by Gasteiger charge is -2.15. The molecule has 3 heterocycles. The third-order valence-corrected chi connectivity index (χ3v) is 4.40. The number of methoxy groups -OCH3 is 1. The predicted octanol–water partition coefficient (Wildman–Crippen LogP) is 2.50. The molecule has 0 fully saturated rings. The third kappa shape index (κ3) is 4.35. The molecule has 0 atom stereocenters. The Morgan fingerprint density at radius 1 is 1.26 bits per heavy atom. The van der Waals surface area contributed by atoms with Gasteiger partial charge in [-0.05, 0) is 30.3 Å². The molecule has 0 spiro atoms. The number of nitrogens with zero attached hydrogens (tertiary/aromatic N) is 6. The van der Waals surface area contributed by atoms with E-state index in [2.05, 4.69) is 21.3 Å². The van der Waals surface area contributed by atoms with E-state index in [0.29, 0.717) is 22.6 Å². The Kier molecular flexibility index (Phi) is 6.27. The molecule has 0 amide bonds. The summed E-state index contributed by atoms with van der Waals surface area (Å²) < 4.78 is 8.82. The third-order valence-electron chi connectivity index (χ3n) is 4.40. The van der Waals surface area contributed by atoms with Crippen molar-refractivity contribution in [2.24, 2.45) is 7.05 Å². The molecule has 4 rings (SSSR count). The van der Waals surface area contributed by atoms with Crippen LogP contribution in [0.1, 0.15) is 5.56 Å². The number of carbonyl (C=O) groups is 1. The molecular formula is C21H19N7O3. The van der Waals surface area contributed by atoms with Gasteiger partial charge in [0.25, 0.3) is 6.47 Å². The fraction of sp³-hybridized carbons (Fsp3) is 0.0952. The molecule has 0 saturated heterocycles.